The van der Waals surface area contributed by atoms with Crippen molar-refractivity contribution in [2.24, 2.45) is 11.8 Å². The summed E-state index contributed by atoms with van der Waals surface area (Å²) in [5, 5.41) is 11.6. The minimum Gasteiger partial charge on any atom is -0.465 e. The van der Waals surface area contributed by atoms with E-state index in [9.17, 15) is 9.59 Å². The topological polar surface area (TPSA) is 78.9 Å². The molecule has 1 aliphatic carbocycles. The Morgan fingerprint density at radius 3 is 2.50 bits per heavy atom. The molecule has 2 amide bonds. The predicted octanol–water partition coefficient (Wildman–Crippen LogP) is 1.52. The first-order valence-electron chi connectivity index (χ1n) is 6.60. The third-order valence-electron chi connectivity index (χ3n) is 3.96. The summed E-state index contributed by atoms with van der Waals surface area (Å²) in [6, 6.07) is 9.54. The molecule has 0 spiro atoms. The molecule has 106 valence electrons. The van der Waals surface area contributed by atoms with E-state index < -0.39 is 12.2 Å². The molecule has 1 aromatic carbocycles. The van der Waals surface area contributed by atoms with E-state index in [-0.39, 0.29) is 24.5 Å². The summed E-state index contributed by atoms with van der Waals surface area (Å²) in [6.07, 6.45) is -1.32. The lowest BCUT2D eigenvalue weighted by Gasteiger charge is -2.16. The Hall–Kier alpha value is -2.24. The van der Waals surface area contributed by atoms with Crippen LogP contribution in [-0.2, 0) is 11.3 Å². The Morgan fingerprint density at radius 1 is 1.25 bits per heavy atom. The number of likely N-dealkylation sites (tertiary alicyclic amines) is 1. The Balaban J connectivity index is 1.40. The van der Waals surface area contributed by atoms with Crippen LogP contribution in [0.1, 0.15) is 5.56 Å². The number of carboxylic acid groups (broad SMARTS) is 1. The van der Waals surface area contributed by atoms with Gasteiger partial charge in [0, 0.05) is 31.0 Å². The van der Waals surface area contributed by atoms with Crippen molar-refractivity contribution in [2.45, 2.75) is 12.6 Å². The fourth-order valence-electron chi connectivity index (χ4n) is 2.80. The second-order valence-electron chi connectivity index (χ2n) is 5.25. The molecule has 1 aliphatic heterocycles. The summed E-state index contributed by atoms with van der Waals surface area (Å²) >= 11 is 0. The Bertz CT molecular complexity index is 507. The molecule has 2 aliphatic rings. The molecule has 6 nitrogen and oxygen atoms in total. The van der Waals surface area contributed by atoms with Gasteiger partial charge in [-0.15, -0.1) is 0 Å². The molecular weight excluding hydrogens is 260 g/mol. The van der Waals surface area contributed by atoms with Gasteiger partial charge < -0.3 is 20.1 Å². The van der Waals surface area contributed by atoms with Gasteiger partial charge in [0.25, 0.3) is 0 Å². The van der Waals surface area contributed by atoms with Crippen LogP contribution in [0.4, 0.5) is 9.59 Å². The highest BCUT2D eigenvalue weighted by molar-refractivity contribution is 5.69. The number of fused-ring (bicyclic) bond motifs is 1. The third kappa shape index (κ3) is 2.54. The number of hydrogen-bond acceptors (Lipinski definition) is 3. The van der Waals surface area contributed by atoms with Gasteiger partial charge in [0.05, 0.1) is 0 Å². The van der Waals surface area contributed by atoms with Crippen LogP contribution in [0.25, 0.3) is 0 Å². The summed E-state index contributed by atoms with van der Waals surface area (Å²) in [5.41, 5.74) is 0.940. The molecule has 20 heavy (non-hydrogen) atoms. The van der Waals surface area contributed by atoms with Crippen LogP contribution < -0.4 is 5.32 Å². The van der Waals surface area contributed by atoms with Gasteiger partial charge in [0.2, 0.25) is 0 Å². The average molecular weight is 276 g/mol. The third-order valence-corrected chi connectivity index (χ3v) is 3.96. The van der Waals surface area contributed by atoms with E-state index in [1.807, 2.05) is 30.3 Å². The van der Waals surface area contributed by atoms with E-state index in [2.05, 4.69) is 5.32 Å². The molecule has 0 bridgehead atoms. The first-order valence-corrected chi connectivity index (χ1v) is 6.60. The monoisotopic (exact) mass is 276 g/mol. The van der Waals surface area contributed by atoms with E-state index in [0.717, 1.165) is 5.56 Å². The second kappa shape index (κ2) is 5.03. The Kier molecular flexibility index (Phi) is 3.22. The van der Waals surface area contributed by atoms with Gasteiger partial charge in [-0.25, -0.2) is 9.59 Å². The maximum absolute atomic E-state index is 11.7. The van der Waals surface area contributed by atoms with Gasteiger partial charge in [0.15, 0.2) is 0 Å². The van der Waals surface area contributed by atoms with Crippen molar-refractivity contribution in [3.05, 3.63) is 35.9 Å². The van der Waals surface area contributed by atoms with Gasteiger partial charge in [-0.3, -0.25) is 0 Å². The molecule has 2 unspecified atom stereocenters. The number of nitrogens with zero attached hydrogens (tertiary/aromatic N) is 1. The van der Waals surface area contributed by atoms with Crippen molar-refractivity contribution in [2.75, 3.05) is 13.1 Å². The van der Waals surface area contributed by atoms with Crippen LogP contribution in [0.15, 0.2) is 30.3 Å². The van der Waals surface area contributed by atoms with Crippen LogP contribution in [0.2, 0.25) is 0 Å². The number of nitrogens with one attached hydrogen (secondary N) is 1. The maximum Gasteiger partial charge on any atom is 0.407 e. The molecule has 1 aromatic rings. The maximum atomic E-state index is 11.7. The summed E-state index contributed by atoms with van der Waals surface area (Å²) in [7, 11) is 0. The minimum atomic E-state index is -0.886. The van der Waals surface area contributed by atoms with Gasteiger partial charge in [-0.05, 0) is 5.56 Å². The quantitative estimate of drug-likeness (QED) is 0.877. The van der Waals surface area contributed by atoms with E-state index in [0.29, 0.717) is 13.1 Å². The first-order chi connectivity index (χ1) is 9.65. The summed E-state index contributed by atoms with van der Waals surface area (Å²) < 4.78 is 5.14. The molecule has 1 saturated heterocycles. The number of carbonyl (C=O) groups excluding carboxylic acids is 1. The smallest absolute Gasteiger partial charge is 0.407 e. The highest BCUT2D eigenvalue weighted by Crippen LogP contribution is 2.45. The van der Waals surface area contributed by atoms with Crippen molar-refractivity contribution in [1.82, 2.24) is 10.2 Å². The number of ether oxygens (including phenoxy) is 1. The standard InChI is InChI=1S/C14H16N2O4/c17-13(20-8-9-4-2-1-3-5-9)15-12-10-6-16(14(18)19)7-11(10)12/h1-5,10-12H,6-8H2,(H,15,17)(H,18,19). The van der Waals surface area contributed by atoms with Crippen LogP contribution >= 0.6 is 0 Å². The van der Waals surface area contributed by atoms with Crippen molar-refractivity contribution in [3.63, 3.8) is 0 Å². The molecule has 6 heteroatoms. The highest BCUT2D eigenvalue weighted by Gasteiger charge is 2.57. The van der Waals surface area contributed by atoms with Crippen molar-refractivity contribution in [1.29, 1.82) is 0 Å². The van der Waals surface area contributed by atoms with E-state index in [4.69, 9.17) is 9.84 Å². The molecular formula is C14H16N2O4. The lowest BCUT2D eigenvalue weighted by molar-refractivity contribution is 0.134. The number of benzene rings is 1. The van der Waals surface area contributed by atoms with Crippen LogP contribution in [-0.4, -0.2) is 41.3 Å². The fourth-order valence-corrected chi connectivity index (χ4v) is 2.80. The van der Waals surface area contributed by atoms with Crippen LogP contribution in [0.3, 0.4) is 0 Å². The highest BCUT2D eigenvalue weighted by atomic mass is 16.5. The number of piperidine rings is 1. The summed E-state index contributed by atoms with van der Waals surface area (Å²) in [5.74, 6) is 0.491. The lowest BCUT2D eigenvalue weighted by Crippen LogP contribution is -2.36. The molecule has 2 atom stereocenters. The van der Waals surface area contributed by atoms with Gasteiger partial charge >= 0.3 is 12.2 Å². The molecule has 1 heterocycles. The molecule has 2 fully saturated rings. The van der Waals surface area contributed by atoms with E-state index in [1.165, 1.54) is 4.90 Å². The average Bonchev–Trinajstić information content (AvgIpc) is 2.88. The number of amides is 2. The predicted molar refractivity (Wildman–Crippen MR) is 70.1 cm³/mol. The fraction of sp³-hybridized carbons (Fsp3) is 0.429. The first kappa shape index (κ1) is 12.8. The molecule has 0 aromatic heterocycles. The summed E-state index contributed by atoms with van der Waals surface area (Å²) in [4.78, 5) is 23.8. The number of carbonyl (C=O) groups is 2. The van der Waals surface area contributed by atoms with Crippen LogP contribution in [0, 0.1) is 11.8 Å². The largest absolute Gasteiger partial charge is 0.465 e. The minimum absolute atomic E-state index is 0.0638. The SMILES string of the molecule is O=C(NC1C2CN(C(=O)O)CC21)OCc1ccccc1. The van der Waals surface area contributed by atoms with Crippen molar-refractivity contribution >= 4 is 12.2 Å². The van der Waals surface area contributed by atoms with Crippen molar-refractivity contribution < 1.29 is 19.4 Å². The van der Waals surface area contributed by atoms with E-state index in [1.54, 1.807) is 0 Å². The molecule has 1 saturated carbocycles. The van der Waals surface area contributed by atoms with Crippen LogP contribution in [0.5, 0.6) is 0 Å². The normalized spacial score (nSPS) is 26.8. The van der Waals surface area contributed by atoms with E-state index >= 15 is 0 Å². The van der Waals surface area contributed by atoms with Gasteiger partial charge in [-0.1, -0.05) is 30.3 Å². The number of rotatable bonds is 3. The summed E-state index contributed by atoms with van der Waals surface area (Å²) in [6.45, 7) is 1.25. The Labute approximate surface area is 116 Å². The zero-order valence-corrected chi connectivity index (χ0v) is 10.9. The Morgan fingerprint density at radius 2 is 1.90 bits per heavy atom. The zero-order chi connectivity index (χ0) is 14.1. The van der Waals surface area contributed by atoms with Crippen molar-refractivity contribution in [3.8, 4) is 0 Å². The zero-order valence-electron chi connectivity index (χ0n) is 10.9. The molecule has 0 radical (unpaired) electrons. The number of hydrogen-bond donors (Lipinski definition) is 2. The number of alkyl carbamates (subject to hydrolysis) is 1. The molecule has 3 rings (SSSR count). The lowest BCUT2D eigenvalue weighted by atomic mass is 10.2. The molecule has 2 N–H and O–H groups in total. The van der Waals surface area contributed by atoms with Gasteiger partial charge in [0.1, 0.15) is 6.61 Å². The van der Waals surface area contributed by atoms with Gasteiger partial charge in [-0.2, -0.15) is 0 Å². The second-order valence-corrected chi connectivity index (χ2v) is 5.25.